The van der Waals surface area contributed by atoms with Crippen molar-refractivity contribution < 1.29 is 8.42 Å². The van der Waals surface area contributed by atoms with Crippen LogP contribution < -0.4 is 4.90 Å². The van der Waals surface area contributed by atoms with Crippen LogP contribution in [0.15, 0.2) is 71.9 Å². The molecule has 0 N–H and O–H groups in total. The van der Waals surface area contributed by atoms with E-state index in [9.17, 15) is 8.42 Å². The summed E-state index contributed by atoms with van der Waals surface area (Å²) in [6.07, 6.45) is 3.80. The van der Waals surface area contributed by atoms with Gasteiger partial charge in [0.15, 0.2) is 9.84 Å². The highest BCUT2D eigenvalue weighted by Crippen LogP contribution is 2.20. The molecule has 1 aliphatic rings. The molecule has 5 nitrogen and oxygen atoms in total. The van der Waals surface area contributed by atoms with Crippen LogP contribution in [0.3, 0.4) is 0 Å². The Morgan fingerprint density at radius 1 is 1.00 bits per heavy atom. The first-order chi connectivity index (χ1) is 11.6. The van der Waals surface area contributed by atoms with E-state index in [1.807, 2.05) is 34.3 Å². The van der Waals surface area contributed by atoms with Gasteiger partial charge in [0.05, 0.1) is 28.9 Å². The molecule has 2 aromatic rings. The molecule has 1 heterocycles. The van der Waals surface area contributed by atoms with Gasteiger partial charge in [-0.05, 0) is 36.4 Å². The Morgan fingerprint density at radius 3 is 2.38 bits per heavy atom. The number of anilines is 1. The molecule has 24 heavy (non-hydrogen) atoms. The van der Waals surface area contributed by atoms with Gasteiger partial charge >= 0.3 is 0 Å². The summed E-state index contributed by atoms with van der Waals surface area (Å²) < 4.78 is 24.6. The van der Waals surface area contributed by atoms with Crippen molar-refractivity contribution in [1.82, 2.24) is 4.90 Å². The summed E-state index contributed by atoms with van der Waals surface area (Å²) >= 11 is 0. The van der Waals surface area contributed by atoms with Crippen LogP contribution >= 0.6 is 0 Å². The first kappa shape index (κ1) is 16.1. The highest BCUT2D eigenvalue weighted by Gasteiger charge is 2.18. The predicted octanol–water partition coefficient (Wildman–Crippen LogP) is 2.58. The number of nitriles is 1. The molecule has 1 aliphatic heterocycles. The molecule has 0 unspecified atom stereocenters. The van der Waals surface area contributed by atoms with Gasteiger partial charge in [-0.2, -0.15) is 5.26 Å². The van der Waals surface area contributed by atoms with Crippen molar-refractivity contribution in [3.05, 3.63) is 72.6 Å². The first-order valence-corrected chi connectivity index (χ1v) is 9.21. The maximum atomic E-state index is 12.3. The molecule has 0 aliphatic carbocycles. The third kappa shape index (κ3) is 3.58. The van der Waals surface area contributed by atoms with E-state index in [0.717, 1.165) is 5.69 Å². The molecule has 0 spiro atoms. The zero-order chi connectivity index (χ0) is 17.0. The number of nitrogens with zero attached hydrogens (tertiary/aromatic N) is 3. The standard InChI is InChI=1S/C18H17N3O2S/c19-14-16-6-8-17(9-7-16)21-11-10-20(15-21)12-13-24(22,23)18-4-2-1-3-5-18/h1-11H,12-13,15H2. The first-order valence-electron chi connectivity index (χ1n) is 7.55. The summed E-state index contributed by atoms with van der Waals surface area (Å²) in [5.41, 5.74) is 1.59. The molecule has 0 saturated heterocycles. The average Bonchev–Trinajstić information content (AvgIpc) is 3.10. The normalized spacial score (nSPS) is 14.0. The molecule has 2 aromatic carbocycles. The van der Waals surface area contributed by atoms with Crippen LogP contribution in [0, 0.1) is 11.3 Å². The molecule has 0 fully saturated rings. The minimum Gasteiger partial charge on any atom is -0.357 e. The van der Waals surface area contributed by atoms with Gasteiger partial charge in [0.25, 0.3) is 0 Å². The van der Waals surface area contributed by atoms with Gasteiger partial charge < -0.3 is 9.80 Å². The van der Waals surface area contributed by atoms with E-state index < -0.39 is 9.84 Å². The lowest BCUT2D eigenvalue weighted by Gasteiger charge is -2.21. The quantitative estimate of drug-likeness (QED) is 0.838. The second-order valence-electron chi connectivity index (χ2n) is 5.51. The van der Waals surface area contributed by atoms with Crippen LogP contribution in [-0.2, 0) is 9.84 Å². The topological polar surface area (TPSA) is 64.4 Å². The summed E-state index contributed by atoms with van der Waals surface area (Å²) in [5, 5.41) is 8.83. The van der Waals surface area contributed by atoms with Gasteiger partial charge in [-0.15, -0.1) is 0 Å². The Hall–Kier alpha value is -2.78. The Labute approximate surface area is 142 Å². The molecule has 3 rings (SSSR count). The van der Waals surface area contributed by atoms with Gasteiger partial charge in [-0.1, -0.05) is 18.2 Å². The number of hydrogen-bond donors (Lipinski definition) is 0. The molecule has 122 valence electrons. The smallest absolute Gasteiger partial charge is 0.180 e. The highest BCUT2D eigenvalue weighted by atomic mass is 32.2. The fourth-order valence-electron chi connectivity index (χ4n) is 2.49. The molecule has 0 amide bonds. The fraction of sp³-hybridized carbons (Fsp3) is 0.167. The summed E-state index contributed by atoms with van der Waals surface area (Å²) in [6.45, 7) is 1.02. The molecular weight excluding hydrogens is 322 g/mol. The maximum Gasteiger partial charge on any atom is 0.180 e. The van der Waals surface area contributed by atoms with E-state index in [0.29, 0.717) is 23.7 Å². The van der Waals surface area contributed by atoms with Crippen molar-refractivity contribution in [2.45, 2.75) is 4.90 Å². The third-order valence-electron chi connectivity index (χ3n) is 3.87. The zero-order valence-corrected chi connectivity index (χ0v) is 13.9. The molecule has 0 radical (unpaired) electrons. The third-order valence-corrected chi connectivity index (χ3v) is 5.58. The summed E-state index contributed by atoms with van der Waals surface area (Å²) in [7, 11) is -3.27. The van der Waals surface area contributed by atoms with Crippen molar-refractivity contribution >= 4 is 15.5 Å². The van der Waals surface area contributed by atoms with Gasteiger partial charge in [0.1, 0.15) is 0 Å². The monoisotopic (exact) mass is 339 g/mol. The number of sulfone groups is 1. The molecule has 0 aromatic heterocycles. The largest absolute Gasteiger partial charge is 0.357 e. The van der Waals surface area contributed by atoms with Gasteiger partial charge in [-0.3, -0.25) is 0 Å². The molecule has 6 heteroatoms. The van der Waals surface area contributed by atoms with Crippen molar-refractivity contribution in [2.75, 3.05) is 23.9 Å². The van der Waals surface area contributed by atoms with E-state index in [-0.39, 0.29) is 5.75 Å². The Bertz CT molecular complexity index is 869. The number of hydrogen-bond acceptors (Lipinski definition) is 5. The fourth-order valence-corrected chi connectivity index (χ4v) is 3.77. The van der Waals surface area contributed by atoms with Crippen molar-refractivity contribution in [3.8, 4) is 6.07 Å². The lowest BCUT2D eigenvalue weighted by atomic mass is 10.2. The van der Waals surface area contributed by atoms with Crippen molar-refractivity contribution in [2.24, 2.45) is 0 Å². The minimum atomic E-state index is -3.27. The van der Waals surface area contributed by atoms with Crippen molar-refractivity contribution in [3.63, 3.8) is 0 Å². The molecular formula is C18H17N3O2S. The van der Waals surface area contributed by atoms with Crippen LogP contribution in [-0.4, -0.2) is 32.3 Å². The van der Waals surface area contributed by atoms with Gasteiger partial charge in [0, 0.05) is 24.6 Å². The van der Waals surface area contributed by atoms with Crippen molar-refractivity contribution in [1.29, 1.82) is 5.26 Å². The van der Waals surface area contributed by atoms with E-state index in [2.05, 4.69) is 6.07 Å². The average molecular weight is 339 g/mol. The van der Waals surface area contributed by atoms with E-state index in [1.54, 1.807) is 42.5 Å². The van der Waals surface area contributed by atoms with E-state index in [1.165, 1.54) is 0 Å². The molecule has 0 saturated carbocycles. The molecule has 0 atom stereocenters. The predicted molar refractivity (Wildman–Crippen MR) is 92.8 cm³/mol. The summed E-state index contributed by atoms with van der Waals surface area (Å²) in [5.74, 6) is 0.0720. The number of benzene rings is 2. The summed E-state index contributed by atoms with van der Waals surface area (Å²) in [4.78, 5) is 4.33. The second kappa shape index (κ2) is 6.77. The van der Waals surface area contributed by atoms with Gasteiger partial charge in [-0.25, -0.2) is 8.42 Å². The highest BCUT2D eigenvalue weighted by molar-refractivity contribution is 7.91. The SMILES string of the molecule is N#Cc1ccc(N2C=CN(CCS(=O)(=O)c3ccccc3)C2)cc1. The Morgan fingerprint density at radius 2 is 1.71 bits per heavy atom. The Balaban J connectivity index is 1.59. The van der Waals surface area contributed by atoms with Gasteiger partial charge in [0.2, 0.25) is 0 Å². The lowest BCUT2D eigenvalue weighted by molar-refractivity contribution is 0.428. The van der Waals surface area contributed by atoms with Crippen LogP contribution in [0.4, 0.5) is 5.69 Å². The summed E-state index contributed by atoms with van der Waals surface area (Å²) in [6, 6.07) is 17.9. The minimum absolute atomic E-state index is 0.0720. The lowest BCUT2D eigenvalue weighted by Crippen LogP contribution is -2.29. The van der Waals surface area contributed by atoms with E-state index >= 15 is 0 Å². The van der Waals surface area contributed by atoms with Crippen LogP contribution in [0.1, 0.15) is 5.56 Å². The van der Waals surface area contributed by atoms with E-state index in [4.69, 9.17) is 5.26 Å². The second-order valence-corrected chi connectivity index (χ2v) is 7.62. The Kier molecular flexibility index (Phi) is 4.54. The van der Waals surface area contributed by atoms with Crippen LogP contribution in [0.5, 0.6) is 0 Å². The van der Waals surface area contributed by atoms with Crippen LogP contribution in [0.2, 0.25) is 0 Å². The molecule has 0 bridgehead atoms. The zero-order valence-electron chi connectivity index (χ0n) is 13.0. The maximum absolute atomic E-state index is 12.3. The number of rotatable bonds is 5. The van der Waals surface area contributed by atoms with Crippen LogP contribution in [0.25, 0.3) is 0 Å².